The Morgan fingerprint density at radius 2 is 2.28 bits per heavy atom. The van der Waals surface area contributed by atoms with Gasteiger partial charge in [0.05, 0.1) is 17.9 Å². The van der Waals surface area contributed by atoms with Gasteiger partial charge in [-0.25, -0.2) is 0 Å². The normalized spacial score (nSPS) is 10.6. The molecule has 7 heteroatoms. The molecule has 1 aromatic rings. The summed E-state index contributed by atoms with van der Waals surface area (Å²) >= 11 is 1.27. The van der Waals surface area contributed by atoms with Crippen molar-refractivity contribution in [3.8, 4) is 0 Å². The number of nitrogens with zero attached hydrogens (tertiary/aromatic N) is 1. The van der Waals surface area contributed by atoms with E-state index >= 15 is 0 Å². The lowest BCUT2D eigenvalue weighted by Crippen LogP contribution is -2.14. The molecule has 100 valence electrons. The summed E-state index contributed by atoms with van der Waals surface area (Å²) in [6.45, 7) is 3.95. The maximum atomic E-state index is 11.5. The molecular weight excluding hydrogens is 256 g/mol. The van der Waals surface area contributed by atoms with Crippen molar-refractivity contribution < 1.29 is 19.2 Å². The van der Waals surface area contributed by atoms with Crippen molar-refractivity contribution in [2.45, 2.75) is 26.2 Å². The van der Waals surface area contributed by atoms with Crippen molar-refractivity contribution in [1.82, 2.24) is 5.16 Å². The fourth-order valence-electron chi connectivity index (χ4n) is 1.12. The lowest BCUT2D eigenvalue weighted by atomic mass is 10.1. The van der Waals surface area contributed by atoms with E-state index < -0.39 is 5.97 Å². The van der Waals surface area contributed by atoms with Crippen molar-refractivity contribution in [2.75, 3.05) is 16.8 Å². The summed E-state index contributed by atoms with van der Waals surface area (Å²) < 4.78 is 4.96. The van der Waals surface area contributed by atoms with Crippen LogP contribution in [0.25, 0.3) is 0 Å². The Bertz CT molecular complexity index is 417. The maximum Gasteiger partial charge on any atom is 0.304 e. The molecule has 0 saturated heterocycles. The van der Waals surface area contributed by atoms with Crippen LogP contribution in [-0.4, -0.2) is 33.6 Å². The average Bonchev–Trinajstić information content (AvgIpc) is 2.72. The Labute approximate surface area is 109 Å². The lowest BCUT2D eigenvalue weighted by molar-refractivity contribution is -0.136. The van der Waals surface area contributed by atoms with Crippen LogP contribution in [0.1, 0.15) is 31.9 Å². The summed E-state index contributed by atoms with van der Waals surface area (Å²) in [5.74, 6) is 0.0879. The topological polar surface area (TPSA) is 92.4 Å². The zero-order chi connectivity index (χ0) is 13.5. The SMILES string of the molecule is CC(C)c1cc(NC(=O)CSCCC(=O)O)on1. The second-order valence-electron chi connectivity index (χ2n) is 4.02. The van der Waals surface area contributed by atoms with E-state index in [9.17, 15) is 9.59 Å². The van der Waals surface area contributed by atoms with E-state index in [0.29, 0.717) is 11.6 Å². The number of aromatic nitrogens is 1. The van der Waals surface area contributed by atoms with Crippen molar-refractivity contribution in [3.63, 3.8) is 0 Å². The highest BCUT2D eigenvalue weighted by molar-refractivity contribution is 7.99. The zero-order valence-electron chi connectivity index (χ0n) is 10.3. The molecule has 0 atom stereocenters. The lowest BCUT2D eigenvalue weighted by Gasteiger charge is -2.00. The largest absolute Gasteiger partial charge is 0.481 e. The zero-order valence-corrected chi connectivity index (χ0v) is 11.1. The number of amides is 1. The number of hydrogen-bond donors (Lipinski definition) is 2. The van der Waals surface area contributed by atoms with Crippen LogP contribution in [-0.2, 0) is 9.59 Å². The number of carboxylic acids is 1. The number of carbonyl (C=O) groups is 2. The number of carbonyl (C=O) groups excluding carboxylic acids is 1. The molecule has 0 unspecified atom stereocenters. The number of carboxylic acid groups (broad SMARTS) is 1. The van der Waals surface area contributed by atoms with Gasteiger partial charge in [-0.3, -0.25) is 14.9 Å². The highest BCUT2D eigenvalue weighted by Gasteiger charge is 2.10. The number of nitrogens with one attached hydrogen (secondary N) is 1. The van der Waals surface area contributed by atoms with Crippen molar-refractivity contribution >= 4 is 29.5 Å². The molecule has 18 heavy (non-hydrogen) atoms. The van der Waals surface area contributed by atoms with E-state index in [4.69, 9.17) is 9.63 Å². The molecule has 0 aliphatic carbocycles. The molecule has 0 radical (unpaired) electrons. The maximum absolute atomic E-state index is 11.5. The predicted octanol–water partition coefficient (Wildman–Crippen LogP) is 1.94. The molecule has 0 aromatic carbocycles. The van der Waals surface area contributed by atoms with Crippen LogP contribution in [0.2, 0.25) is 0 Å². The van der Waals surface area contributed by atoms with Gasteiger partial charge < -0.3 is 9.63 Å². The molecule has 0 bridgehead atoms. The van der Waals surface area contributed by atoms with E-state index in [-0.39, 0.29) is 24.0 Å². The third-order valence-electron chi connectivity index (χ3n) is 2.08. The summed E-state index contributed by atoms with van der Waals surface area (Å²) in [5.41, 5.74) is 0.781. The minimum absolute atomic E-state index is 0.0533. The van der Waals surface area contributed by atoms with E-state index in [1.807, 2.05) is 13.8 Å². The summed E-state index contributed by atoms with van der Waals surface area (Å²) in [7, 11) is 0. The summed E-state index contributed by atoms with van der Waals surface area (Å²) in [6.07, 6.45) is 0.0533. The summed E-state index contributed by atoms with van der Waals surface area (Å²) in [4.78, 5) is 21.7. The predicted molar refractivity (Wildman–Crippen MR) is 68.8 cm³/mol. The second-order valence-corrected chi connectivity index (χ2v) is 5.12. The van der Waals surface area contributed by atoms with Gasteiger partial charge in [-0.2, -0.15) is 11.8 Å². The Morgan fingerprint density at radius 3 is 2.83 bits per heavy atom. The minimum Gasteiger partial charge on any atom is -0.481 e. The van der Waals surface area contributed by atoms with Crippen LogP contribution in [0.4, 0.5) is 5.88 Å². The van der Waals surface area contributed by atoms with Crippen molar-refractivity contribution in [1.29, 1.82) is 0 Å². The van der Waals surface area contributed by atoms with E-state index in [1.54, 1.807) is 6.07 Å². The van der Waals surface area contributed by atoms with E-state index in [1.165, 1.54) is 11.8 Å². The first-order valence-electron chi connectivity index (χ1n) is 5.55. The van der Waals surface area contributed by atoms with Gasteiger partial charge in [-0.1, -0.05) is 19.0 Å². The van der Waals surface area contributed by atoms with Crippen molar-refractivity contribution in [2.24, 2.45) is 0 Å². The summed E-state index contributed by atoms with van der Waals surface area (Å²) in [5, 5.41) is 14.8. The number of aliphatic carboxylic acids is 1. The summed E-state index contributed by atoms with van der Waals surface area (Å²) in [6, 6.07) is 1.69. The molecular formula is C11H16N2O4S. The van der Waals surface area contributed by atoms with Crippen LogP contribution < -0.4 is 5.32 Å². The van der Waals surface area contributed by atoms with Gasteiger partial charge in [0.25, 0.3) is 0 Å². The molecule has 1 heterocycles. The van der Waals surface area contributed by atoms with Crippen LogP contribution >= 0.6 is 11.8 Å². The first kappa shape index (κ1) is 14.6. The van der Waals surface area contributed by atoms with E-state index in [0.717, 1.165) is 5.69 Å². The standard InChI is InChI=1S/C11H16N2O4S/c1-7(2)8-5-10(17-13-8)12-9(14)6-18-4-3-11(15)16/h5,7H,3-4,6H2,1-2H3,(H,12,14)(H,15,16). The number of rotatable bonds is 7. The molecule has 0 fully saturated rings. The fourth-order valence-corrected chi connectivity index (χ4v) is 1.84. The molecule has 0 saturated carbocycles. The third kappa shape index (κ3) is 5.22. The molecule has 2 N–H and O–H groups in total. The third-order valence-corrected chi connectivity index (χ3v) is 3.04. The van der Waals surface area contributed by atoms with E-state index in [2.05, 4.69) is 10.5 Å². The van der Waals surface area contributed by atoms with Gasteiger partial charge in [0.1, 0.15) is 0 Å². The quantitative estimate of drug-likeness (QED) is 0.737. The highest BCUT2D eigenvalue weighted by atomic mass is 32.2. The van der Waals surface area contributed by atoms with Crippen LogP contribution in [0.15, 0.2) is 10.6 Å². The Kier molecular flexibility index (Phi) is 5.70. The second kappa shape index (κ2) is 7.05. The Balaban J connectivity index is 2.28. The van der Waals surface area contributed by atoms with Gasteiger partial charge in [-0.05, 0) is 5.92 Å². The molecule has 1 rings (SSSR count). The van der Waals surface area contributed by atoms with Gasteiger partial charge in [0, 0.05) is 11.8 Å². The highest BCUT2D eigenvalue weighted by Crippen LogP contribution is 2.17. The van der Waals surface area contributed by atoms with Gasteiger partial charge in [0.2, 0.25) is 11.8 Å². The smallest absolute Gasteiger partial charge is 0.304 e. The molecule has 6 nitrogen and oxygen atoms in total. The van der Waals surface area contributed by atoms with Gasteiger partial charge >= 0.3 is 5.97 Å². The molecule has 0 spiro atoms. The van der Waals surface area contributed by atoms with Crippen LogP contribution in [0, 0.1) is 0 Å². The van der Waals surface area contributed by atoms with Crippen LogP contribution in [0.5, 0.6) is 0 Å². The number of thioether (sulfide) groups is 1. The molecule has 0 aliphatic rings. The average molecular weight is 272 g/mol. The van der Waals surface area contributed by atoms with Crippen LogP contribution in [0.3, 0.4) is 0 Å². The van der Waals surface area contributed by atoms with Crippen molar-refractivity contribution in [3.05, 3.63) is 11.8 Å². The Morgan fingerprint density at radius 1 is 1.56 bits per heavy atom. The Hall–Kier alpha value is -1.50. The monoisotopic (exact) mass is 272 g/mol. The molecule has 1 amide bonds. The number of hydrogen-bond acceptors (Lipinski definition) is 5. The first-order valence-corrected chi connectivity index (χ1v) is 6.70. The number of anilines is 1. The van der Waals surface area contributed by atoms with Gasteiger partial charge in [-0.15, -0.1) is 0 Å². The molecule has 0 aliphatic heterocycles. The molecule has 1 aromatic heterocycles. The minimum atomic E-state index is -0.861. The fraction of sp³-hybridized carbons (Fsp3) is 0.545. The first-order chi connectivity index (χ1) is 8.49. The van der Waals surface area contributed by atoms with Gasteiger partial charge in [0.15, 0.2) is 0 Å².